The molecular formula is C20H16F4N4O2S. The summed E-state index contributed by atoms with van der Waals surface area (Å²) in [6, 6.07) is 6.47. The van der Waals surface area contributed by atoms with Crippen molar-refractivity contribution in [2.24, 2.45) is 0 Å². The lowest BCUT2D eigenvalue weighted by Crippen LogP contribution is -2.33. The molecule has 3 heterocycles. The van der Waals surface area contributed by atoms with E-state index in [9.17, 15) is 27.5 Å². The lowest BCUT2D eigenvalue weighted by Gasteiger charge is -2.26. The van der Waals surface area contributed by atoms with Crippen LogP contribution in [0.15, 0.2) is 47.5 Å². The van der Waals surface area contributed by atoms with Crippen molar-refractivity contribution in [2.45, 2.75) is 19.1 Å². The van der Waals surface area contributed by atoms with Crippen LogP contribution in [0, 0.1) is 5.82 Å². The molecule has 0 atom stereocenters. The van der Waals surface area contributed by atoms with E-state index in [-0.39, 0.29) is 12.5 Å². The molecule has 1 aromatic carbocycles. The molecule has 1 aliphatic rings. The first kappa shape index (κ1) is 21.0. The van der Waals surface area contributed by atoms with Gasteiger partial charge in [0.1, 0.15) is 11.2 Å². The van der Waals surface area contributed by atoms with Crippen LogP contribution in [0.5, 0.6) is 5.75 Å². The molecule has 0 aliphatic carbocycles. The molecule has 0 unspecified atom stereocenters. The lowest BCUT2D eigenvalue weighted by molar-refractivity contribution is -0.134. The van der Waals surface area contributed by atoms with E-state index >= 15 is 0 Å². The molecule has 0 amide bonds. The fourth-order valence-corrected chi connectivity index (χ4v) is 4.09. The zero-order valence-corrected chi connectivity index (χ0v) is 16.8. The number of halogens is 4. The number of anilines is 1. The van der Waals surface area contributed by atoms with Crippen molar-refractivity contribution in [1.82, 2.24) is 14.5 Å². The fourth-order valence-electron chi connectivity index (χ4n) is 3.22. The van der Waals surface area contributed by atoms with Crippen LogP contribution in [0.3, 0.4) is 0 Å². The quantitative estimate of drug-likeness (QED) is 0.608. The van der Waals surface area contributed by atoms with Crippen LogP contribution in [-0.2, 0) is 12.7 Å². The molecule has 2 aromatic heterocycles. The molecular weight excluding hydrogens is 436 g/mol. The highest BCUT2D eigenvalue weighted by molar-refractivity contribution is 7.12. The van der Waals surface area contributed by atoms with Crippen LogP contribution in [0.25, 0.3) is 5.57 Å². The highest BCUT2D eigenvalue weighted by atomic mass is 32.1. The zero-order valence-electron chi connectivity index (χ0n) is 15.9. The molecule has 1 aliphatic heterocycles. The van der Waals surface area contributed by atoms with Crippen molar-refractivity contribution >= 4 is 22.9 Å². The largest absolute Gasteiger partial charge is 0.505 e. The minimum Gasteiger partial charge on any atom is -0.505 e. The van der Waals surface area contributed by atoms with Gasteiger partial charge in [0.25, 0.3) is 0 Å². The number of phenolic OH excluding ortho intramolecular Hbond substituents is 1. The summed E-state index contributed by atoms with van der Waals surface area (Å²) in [7, 11) is 0. The highest BCUT2D eigenvalue weighted by Gasteiger charge is 2.32. The maximum atomic E-state index is 13.2. The van der Waals surface area contributed by atoms with Gasteiger partial charge in [0.15, 0.2) is 11.6 Å². The van der Waals surface area contributed by atoms with Gasteiger partial charge in [0, 0.05) is 18.0 Å². The molecule has 0 fully saturated rings. The summed E-state index contributed by atoms with van der Waals surface area (Å²) in [6.45, 7) is 0.877. The van der Waals surface area contributed by atoms with Gasteiger partial charge in [0.2, 0.25) is 5.95 Å². The number of nitrogens with zero attached hydrogens (tertiary/aromatic N) is 4. The summed E-state index contributed by atoms with van der Waals surface area (Å²) < 4.78 is 52.6. The Bertz CT molecular complexity index is 1200. The topological polar surface area (TPSA) is 71.2 Å². The number of rotatable bonds is 4. The number of benzene rings is 1. The summed E-state index contributed by atoms with van der Waals surface area (Å²) >= 11 is 0.576. The molecule has 0 bridgehead atoms. The number of aromatic hydroxyl groups is 1. The standard InChI is InChI=1S/C20H16F4N4O2S/c21-15-3-1-13(9-16(15)29)12-5-7-27(8-6-12)18-25-11-28(19(30)26-18)10-14-2-4-17(31-14)20(22,23)24/h1-5,9,11,29H,6-8,10H2. The fraction of sp³-hybridized carbons (Fsp3) is 0.250. The van der Waals surface area contributed by atoms with Crippen molar-refractivity contribution < 1.29 is 22.7 Å². The molecule has 0 radical (unpaired) electrons. The second kappa shape index (κ2) is 8.14. The summed E-state index contributed by atoms with van der Waals surface area (Å²) in [5, 5.41) is 9.54. The second-order valence-corrected chi connectivity index (χ2v) is 8.09. The van der Waals surface area contributed by atoms with E-state index in [1.807, 2.05) is 6.08 Å². The summed E-state index contributed by atoms with van der Waals surface area (Å²) in [4.78, 5) is 21.9. The SMILES string of the molecule is O=c1nc(N2CC=C(c3ccc(F)c(O)c3)CC2)ncn1Cc1ccc(C(F)(F)F)s1. The van der Waals surface area contributed by atoms with Gasteiger partial charge >= 0.3 is 11.9 Å². The molecule has 31 heavy (non-hydrogen) atoms. The number of phenols is 1. The van der Waals surface area contributed by atoms with Crippen LogP contribution in [0.2, 0.25) is 0 Å². The van der Waals surface area contributed by atoms with Crippen molar-refractivity contribution in [1.29, 1.82) is 0 Å². The van der Waals surface area contributed by atoms with Gasteiger partial charge in [-0.2, -0.15) is 18.2 Å². The van der Waals surface area contributed by atoms with Crippen molar-refractivity contribution in [3.63, 3.8) is 0 Å². The van der Waals surface area contributed by atoms with Gasteiger partial charge in [-0.1, -0.05) is 12.1 Å². The average molecular weight is 452 g/mol. The first-order valence-corrected chi connectivity index (χ1v) is 10.0. The molecule has 6 nitrogen and oxygen atoms in total. The van der Waals surface area contributed by atoms with E-state index in [0.717, 1.165) is 16.2 Å². The van der Waals surface area contributed by atoms with Crippen molar-refractivity contribution in [3.8, 4) is 5.75 Å². The number of hydrogen-bond donors (Lipinski definition) is 1. The van der Waals surface area contributed by atoms with Gasteiger partial charge in [0.05, 0.1) is 6.54 Å². The van der Waals surface area contributed by atoms with E-state index in [1.54, 1.807) is 11.0 Å². The van der Waals surface area contributed by atoms with E-state index in [4.69, 9.17) is 0 Å². The van der Waals surface area contributed by atoms with Crippen LogP contribution >= 0.6 is 11.3 Å². The predicted molar refractivity (Wildman–Crippen MR) is 108 cm³/mol. The highest BCUT2D eigenvalue weighted by Crippen LogP contribution is 2.34. The third-order valence-electron chi connectivity index (χ3n) is 4.83. The van der Waals surface area contributed by atoms with Gasteiger partial charge in [-0.3, -0.25) is 4.57 Å². The Morgan fingerprint density at radius 2 is 2.00 bits per heavy atom. The monoisotopic (exact) mass is 452 g/mol. The van der Waals surface area contributed by atoms with Gasteiger partial charge in [-0.05, 0) is 41.8 Å². The summed E-state index contributed by atoms with van der Waals surface area (Å²) in [6.07, 6.45) is -0.682. The van der Waals surface area contributed by atoms with E-state index in [0.29, 0.717) is 41.3 Å². The zero-order chi connectivity index (χ0) is 22.2. The number of alkyl halides is 3. The second-order valence-electron chi connectivity index (χ2n) is 6.92. The minimum absolute atomic E-state index is 0.0437. The minimum atomic E-state index is -4.42. The molecule has 1 N–H and O–H groups in total. The van der Waals surface area contributed by atoms with Crippen LogP contribution in [0.4, 0.5) is 23.5 Å². The average Bonchev–Trinajstić information content (AvgIpc) is 3.21. The van der Waals surface area contributed by atoms with Crippen LogP contribution < -0.4 is 10.6 Å². The molecule has 11 heteroatoms. The normalized spacial score (nSPS) is 14.6. The first-order chi connectivity index (χ1) is 14.7. The smallest absolute Gasteiger partial charge is 0.425 e. The van der Waals surface area contributed by atoms with Gasteiger partial charge < -0.3 is 10.0 Å². The maximum Gasteiger partial charge on any atom is 0.425 e. The number of aromatic nitrogens is 3. The lowest BCUT2D eigenvalue weighted by atomic mass is 9.99. The van der Waals surface area contributed by atoms with Gasteiger partial charge in [-0.15, -0.1) is 11.3 Å². The Hall–Kier alpha value is -3.21. The first-order valence-electron chi connectivity index (χ1n) is 9.23. The Morgan fingerprint density at radius 1 is 1.19 bits per heavy atom. The summed E-state index contributed by atoms with van der Waals surface area (Å²) in [5.41, 5.74) is 1.03. The Morgan fingerprint density at radius 3 is 2.61 bits per heavy atom. The van der Waals surface area contributed by atoms with Crippen LogP contribution in [0.1, 0.15) is 21.7 Å². The third-order valence-corrected chi connectivity index (χ3v) is 5.94. The van der Waals surface area contributed by atoms with E-state index < -0.39 is 28.3 Å². The van der Waals surface area contributed by atoms with Crippen molar-refractivity contribution in [2.75, 3.05) is 18.0 Å². The molecule has 0 saturated carbocycles. The molecule has 4 rings (SSSR count). The van der Waals surface area contributed by atoms with Crippen molar-refractivity contribution in [3.05, 3.63) is 74.4 Å². The van der Waals surface area contributed by atoms with Crippen LogP contribution in [-0.4, -0.2) is 32.7 Å². The number of hydrogen-bond acceptors (Lipinski definition) is 6. The van der Waals surface area contributed by atoms with Gasteiger partial charge in [-0.25, -0.2) is 14.2 Å². The molecule has 3 aromatic rings. The molecule has 162 valence electrons. The Labute approximate surface area is 177 Å². The predicted octanol–water partition coefficient (Wildman–Crippen LogP) is 3.91. The third kappa shape index (κ3) is 4.61. The molecule has 0 saturated heterocycles. The molecule has 0 spiro atoms. The number of thiophene rings is 1. The van der Waals surface area contributed by atoms with E-state index in [1.165, 1.54) is 24.5 Å². The van der Waals surface area contributed by atoms with E-state index in [2.05, 4.69) is 9.97 Å². The Kier molecular flexibility index (Phi) is 5.52. The Balaban J connectivity index is 1.46. The summed E-state index contributed by atoms with van der Waals surface area (Å²) in [5.74, 6) is -0.880. The maximum absolute atomic E-state index is 13.2.